The van der Waals surface area contributed by atoms with E-state index in [4.69, 9.17) is 0 Å². The Balaban J connectivity index is 1.82. The molecule has 25 heavy (non-hydrogen) atoms. The Bertz CT molecular complexity index is 826. The third-order valence-electron chi connectivity index (χ3n) is 4.15. The zero-order valence-electron chi connectivity index (χ0n) is 14.1. The summed E-state index contributed by atoms with van der Waals surface area (Å²) in [5.41, 5.74) is 3.63. The summed E-state index contributed by atoms with van der Waals surface area (Å²) in [5, 5.41) is 3.35. The first-order valence-corrected chi connectivity index (χ1v) is 8.29. The predicted octanol–water partition coefficient (Wildman–Crippen LogP) is 5.56. The first-order chi connectivity index (χ1) is 12.1. The van der Waals surface area contributed by atoms with Gasteiger partial charge in [0.25, 0.3) is 0 Å². The molecular weight excluding hydrogens is 313 g/mol. The van der Waals surface area contributed by atoms with Crippen molar-refractivity contribution in [2.75, 3.05) is 5.32 Å². The average molecular weight is 333 g/mol. The van der Waals surface area contributed by atoms with Crippen LogP contribution in [0, 0.1) is 12.7 Å². The Morgan fingerprint density at radius 2 is 1.56 bits per heavy atom. The zero-order valence-corrected chi connectivity index (χ0v) is 14.1. The molecule has 126 valence electrons. The molecule has 0 aliphatic rings. The number of nitrogens with one attached hydrogen (secondary N) is 1. The topological polar surface area (TPSA) is 29.1 Å². The highest BCUT2D eigenvalue weighted by Gasteiger charge is 2.17. The first kappa shape index (κ1) is 16.9. The maximum absolute atomic E-state index is 13.1. The quantitative estimate of drug-likeness (QED) is 0.598. The van der Waals surface area contributed by atoms with Gasteiger partial charge in [0.15, 0.2) is 5.78 Å². The zero-order chi connectivity index (χ0) is 17.6. The van der Waals surface area contributed by atoms with Crippen molar-refractivity contribution in [1.29, 1.82) is 0 Å². The van der Waals surface area contributed by atoms with Crippen LogP contribution in [0.2, 0.25) is 0 Å². The second-order valence-electron chi connectivity index (χ2n) is 6.11. The van der Waals surface area contributed by atoms with E-state index in [2.05, 4.69) is 5.32 Å². The van der Waals surface area contributed by atoms with Crippen LogP contribution in [-0.4, -0.2) is 5.78 Å². The molecule has 0 heterocycles. The van der Waals surface area contributed by atoms with Gasteiger partial charge >= 0.3 is 0 Å². The van der Waals surface area contributed by atoms with Gasteiger partial charge in [-0.3, -0.25) is 4.79 Å². The Morgan fingerprint density at radius 3 is 2.20 bits per heavy atom. The number of ketones is 1. The van der Waals surface area contributed by atoms with Gasteiger partial charge in [0, 0.05) is 17.7 Å². The number of halogens is 1. The van der Waals surface area contributed by atoms with E-state index in [1.54, 1.807) is 12.1 Å². The van der Waals surface area contributed by atoms with Crippen molar-refractivity contribution < 1.29 is 9.18 Å². The number of Topliss-reactive ketones (excluding diaryl/α,β-unsaturated/α-hetero) is 1. The number of benzene rings is 3. The maximum Gasteiger partial charge on any atom is 0.165 e. The summed E-state index contributed by atoms with van der Waals surface area (Å²) in [6, 6.07) is 23.4. The van der Waals surface area contributed by atoms with Crippen molar-refractivity contribution in [1.82, 2.24) is 0 Å². The van der Waals surface area contributed by atoms with E-state index >= 15 is 0 Å². The second-order valence-corrected chi connectivity index (χ2v) is 6.11. The van der Waals surface area contributed by atoms with Gasteiger partial charge in [0.2, 0.25) is 0 Å². The van der Waals surface area contributed by atoms with Crippen LogP contribution < -0.4 is 5.32 Å². The highest BCUT2D eigenvalue weighted by molar-refractivity contribution is 5.96. The summed E-state index contributed by atoms with van der Waals surface area (Å²) in [7, 11) is 0. The van der Waals surface area contributed by atoms with E-state index in [-0.39, 0.29) is 17.6 Å². The fourth-order valence-electron chi connectivity index (χ4n) is 2.73. The van der Waals surface area contributed by atoms with Gasteiger partial charge < -0.3 is 5.32 Å². The molecule has 0 amide bonds. The minimum Gasteiger partial charge on any atom is -0.378 e. The summed E-state index contributed by atoms with van der Waals surface area (Å²) in [6.45, 7) is 2.00. The highest BCUT2D eigenvalue weighted by Crippen LogP contribution is 2.24. The molecule has 3 heteroatoms. The van der Waals surface area contributed by atoms with Crippen LogP contribution in [0.5, 0.6) is 0 Å². The maximum atomic E-state index is 13.1. The summed E-state index contributed by atoms with van der Waals surface area (Å²) in [5.74, 6) is -0.207. The molecule has 3 aromatic rings. The van der Waals surface area contributed by atoms with Crippen molar-refractivity contribution in [3.8, 4) is 0 Å². The highest BCUT2D eigenvalue weighted by atomic mass is 19.1. The summed E-state index contributed by atoms with van der Waals surface area (Å²) < 4.78 is 13.1. The Kier molecular flexibility index (Phi) is 5.24. The fraction of sp³-hybridized carbons (Fsp3) is 0.136. The molecule has 0 aliphatic carbocycles. The first-order valence-electron chi connectivity index (χ1n) is 8.29. The summed E-state index contributed by atoms with van der Waals surface area (Å²) >= 11 is 0. The Labute approximate surface area is 147 Å². The molecule has 0 fully saturated rings. The number of anilines is 1. The van der Waals surface area contributed by atoms with Crippen molar-refractivity contribution in [2.45, 2.75) is 19.4 Å². The summed E-state index contributed by atoms with van der Waals surface area (Å²) in [6.07, 6.45) is 0.324. The van der Waals surface area contributed by atoms with E-state index in [0.717, 1.165) is 16.8 Å². The summed E-state index contributed by atoms with van der Waals surface area (Å²) in [4.78, 5) is 12.7. The Morgan fingerprint density at radius 1 is 0.920 bits per heavy atom. The van der Waals surface area contributed by atoms with Gasteiger partial charge in [-0.25, -0.2) is 4.39 Å². The largest absolute Gasteiger partial charge is 0.378 e. The van der Waals surface area contributed by atoms with E-state index in [9.17, 15) is 9.18 Å². The smallest absolute Gasteiger partial charge is 0.165 e. The van der Waals surface area contributed by atoms with Gasteiger partial charge in [-0.15, -0.1) is 0 Å². The van der Waals surface area contributed by atoms with Gasteiger partial charge in [0.1, 0.15) is 5.82 Å². The van der Waals surface area contributed by atoms with Gasteiger partial charge in [0.05, 0.1) is 6.04 Å². The molecule has 0 bridgehead atoms. The lowest BCUT2D eigenvalue weighted by Crippen LogP contribution is -2.15. The molecule has 0 spiro atoms. The lowest BCUT2D eigenvalue weighted by molar-refractivity contribution is 0.0976. The normalized spacial score (nSPS) is 11.8. The molecule has 0 aromatic heterocycles. The molecule has 0 unspecified atom stereocenters. The molecule has 3 aromatic carbocycles. The van der Waals surface area contributed by atoms with E-state index in [1.807, 2.05) is 61.5 Å². The second kappa shape index (κ2) is 7.75. The van der Waals surface area contributed by atoms with Crippen molar-refractivity contribution in [2.24, 2.45) is 0 Å². The number of rotatable bonds is 6. The Hall–Kier alpha value is -2.94. The van der Waals surface area contributed by atoms with Crippen molar-refractivity contribution in [3.05, 3.63) is 101 Å². The van der Waals surface area contributed by atoms with Gasteiger partial charge in [-0.2, -0.15) is 0 Å². The number of aryl methyl sites for hydroxylation is 1. The van der Waals surface area contributed by atoms with Crippen LogP contribution in [0.25, 0.3) is 0 Å². The molecule has 2 nitrogen and oxygen atoms in total. The molecule has 1 N–H and O–H groups in total. The van der Waals surface area contributed by atoms with Gasteiger partial charge in [-0.05, 0) is 36.8 Å². The molecular formula is C22H20FNO. The third kappa shape index (κ3) is 4.54. The third-order valence-corrected chi connectivity index (χ3v) is 4.15. The molecule has 1 atom stereocenters. The van der Waals surface area contributed by atoms with Crippen LogP contribution in [0.3, 0.4) is 0 Å². The van der Waals surface area contributed by atoms with Crippen LogP contribution in [-0.2, 0) is 0 Å². The van der Waals surface area contributed by atoms with Crippen LogP contribution in [0.15, 0.2) is 78.9 Å². The van der Waals surface area contributed by atoms with Crippen molar-refractivity contribution >= 4 is 11.5 Å². The molecule has 0 radical (unpaired) electrons. The van der Waals surface area contributed by atoms with Crippen LogP contribution >= 0.6 is 0 Å². The fourth-order valence-corrected chi connectivity index (χ4v) is 2.73. The average Bonchev–Trinajstić information content (AvgIpc) is 2.64. The molecule has 3 rings (SSSR count). The van der Waals surface area contributed by atoms with Crippen molar-refractivity contribution in [3.63, 3.8) is 0 Å². The van der Waals surface area contributed by atoms with E-state index < -0.39 is 0 Å². The molecule has 0 aliphatic heterocycles. The minimum atomic E-state index is -0.280. The molecule has 0 saturated carbocycles. The van der Waals surface area contributed by atoms with Gasteiger partial charge in [-0.1, -0.05) is 60.2 Å². The molecule has 0 saturated heterocycles. The monoisotopic (exact) mass is 333 g/mol. The standard InChI is InChI=1S/C22H20FNO/c1-16-7-9-18(10-8-16)22(25)15-21(17-5-3-2-4-6-17)24-20-13-11-19(23)12-14-20/h2-14,21,24H,15H2,1H3/t21-/m1/s1. The van der Waals surface area contributed by atoms with E-state index in [1.165, 1.54) is 12.1 Å². The lowest BCUT2D eigenvalue weighted by Gasteiger charge is -2.20. The number of hydrogen-bond acceptors (Lipinski definition) is 2. The SMILES string of the molecule is Cc1ccc(C(=O)C[C@@H](Nc2ccc(F)cc2)c2ccccc2)cc1. The number of carbonyl (C=O) groups excluding carboxylic acids is 1. The number of hydrogen-bond donors (Lipinski definition) is 1. The van der Waals surface area contributed by atoms with Crippen LogP contribution in [0.1, 0.15) is 33.9 Å². The van der Waals surface area contributed by atoms with E-state index in [0.29, 0.717) is 12.0 Å². The minimum absolute atomic E-state index is 0.0727. The predicted molar refractivity (Wildman–Crippen MR) is 99.3 cm³/mol. The lowest BCUT2D eigenvalue weighted by atomic mass is 9.97. The number of carbonyl (C=O) groups is 1. The van der Waals surface area contributed by atoms with Crippen LogP contribution in [0.4, 0.5) is 10.1 Å².